The highest BCUT2D eigenvalue weighted by Crippen LogP contribution is 2.47. The number of methoxy groups -OCH3 is 1. The van der Waals surface area contributed by atoms with E-state index in [0.29, 0.717) is 12.8 Å². The zero-order valence-electron chi connectivity index (χ0n) is 8.69. The molecular formula is C11H11ClF2O2. The predicted molar refractivity (Wildman–Crippen MR) is 55.2 cm³/mol. The Morgan fingerprint density at radius 1 is 1.44 bits per heavy atom. The molecule has 1 fully saturated rings. The molecule has 1 aromatic carbocycles. The molecule has 1 N–H and O–H groups in total. The lowest BCUT2D eigenvalue weighted by Gasteiger charge is -2.13. The van der Waals surface area contributed by atoms with E-state index in [-0.39, 0.29) is 22.8 Å². The first kappa shape index (κ1) is 11.8. The van der Waals surface area contributed by atoms with Crippen LogP contribution in [0, 0.1) is 11.6 Å². The fourth-order valence-electron chi connectivity index (χ4n) is 1.64. The molecule has 1 aliphatic rings. The summed E-state index contributed by atoms with van der Waals surface area (Å²) in [5.41, 5.74) is -1.32. The molecule has 0 radical (unpaired) electrons. The highest BCUT2D eigenvalue weighted by molar-refractivity contribution is 6.31. The predicted octanol–water partition coefficient (Wildman–Crippen LogP) is 2.75. The number of ether oxygens (including phenoxy) is 1. The molecule has 0 aliphatic heterocycles. The second-order valence-corrected chi connectivity index (χ2v) is 4.38. The van der Waals surface area contributed by atoms with E-state index in [2.05, 4.69) is 0 Å². The molecule has 0 spiro atoms. The zero-order chi connectivity index (χ0) is 11.9. The molecule has 0 heterocycles. The molecule has 0 saturated heterocycles. The van der Waals surface area contributed by atoms with Gasteiger partial charge in [-0.1, -0.05) is 11.6 Å². The average Bonchev–Trinajstić information content (AvgIpc) is 2.98. The van der Waals surface area contributed by atoms with Crippen molar-refractivity contribution in [3.63, 3.8) is 0 Å². The zero-order valence-corrected chi connectivity index (χ0v) is 9.44. The van der Waals surface area contributed by atoms with E-state index >= 15 is 0 Å². The van der Waals surface area contributed by atoms with Crippen LogP contribution in [-0.2, 0) is 16.9 Å². The summed E-state index contributed by atoms with van der Waals surface area (Å²) in [7, 11) is 1.37. The number of rotatable bonds is 3. The Hall–Kier alpha value is -0.710. The minimum atomic E-state index is -1.24. The van der Waals surface area contributed by atoms with E-state index in [1.54, 1.807) is 0 Å². The normalized spacial score (nSPS) is 17.6. The molecule has 1 aliphatic carbocycles. The van der Waals surface area contributed by atoms with Gasteiger partial charge in [0.2, 0.25) is 0 Å². The van der Waals surface area contributed by atoms with Crippen molar-refractivity contribution in [2.75, 3.05) is 7.11 Å². The average molecular weight is 249 g/mol. The van der Waals surface area contributed by atoms with E-state index in [1.165, 1.54) is 13.2 Å². The van der Waals surface area contributed by atoms with Crippen LogP contribution in [-0.4, -0.2) is 12.2 Å². The lowest BCUT2D eigenvalue weighted by atomic mass is 10.0. The molecule has 0 bridgehead atoms. The maximum absolute atomic E-state index is 13.7. The maximum atomic E-state index is 13.7. The van der Waals surface area contributed by atoms with Crippen molar-refractivity contribution in [2.24, 2.45) is 0 Å². The monoisotopic (exact) mass is 248 g/mol. The van der Waals surface area contributed by atoms with Crippen LogP contribution >= 0.6 is 11.6 Å². The molecule has 1 aromatic rings. The lowest BCUT2D eigenvalue weighted by molar-refractivity contribution is 0.144. The van der Waals surface area contributed by atoms with Crippen molar-refractivity contribution in [1.82, 2.24) is 0 Å². The van der Waals surface area contributed by atoms with Crippen LogP contribution < -0.4 is 0 Å². The summed E-state index contributed by atoms with van der Waals surface area (Å²) in [4.78, 5) is 0. The van der Waals surface area contributed by atoms with Gasteiger partial charge in [0, 0.05) is 23.3 Å². The van der Waals surface area contributed by atoms with Crippen molar-refractivity contribution in [3.05, 3.63) is 33.9 Å². The van der Waals surface area contributed by atoms with E-state index in [1.807, 2.05) is 0 Å². The second-order valence-electron chi connectivity index (χ2n) is 3.98. The van der Waals surface area contributed by atoms with Gasteiger partial charge in [0.1, 0.15) is 0 Å². The standard InChI is InChI=1S/C11H11ClF2O2/c1-16-5-6-8(12)4-7(10(14)9(6)13)11(15)2-3-11/h4,15H,2-3,5H2,1H3. The third-order valence-corrected chi connectivity index (χ3v) is 3.10. The fourth-order valence-corrected chi connectivity index (χ4v) is 1.88. The van der Waals surface area contributed by atoms with Crippen LogP contribution in [0.2, 0.25) is 5.02 Å². The highest BCUT2D eigenvalue weighted by Gasteiger charge is 2.45. The summed E-state index contributed by atoms with van der Waals surface area (Å²) in [5, 5.41) is 9.83. The van der Waals surface area contributed by atoms with E-state index in [9.17, 15) is 13.9 Å². The molecule has 1 saturated carbocycles. The Bertz CT molecular complexity index is 430. The molecular weight excluding hydrogens is 238 g/mol. The first-order chi connectivity index (χ1) is 7.49. The SMILES string of the molecule is COCc1c(Cl)cc(C2(O)CC2)c(F)c1F. The minimum Gasteiger partial charge on any atom is -0.385 e. The van der Waals surface area contributed by atoms with Gasteiger partial charge in [0.05, 0.1) is 12.2 Å². The number of benzene rings is 1. The minimum absolute atomic E-state index is 0.0188. The van der Waals surface area contributed by atoms with Crippen molar-refractivity contribution in [2.45, 2.75) is 25.0 Å². The van der Waals surface area contributed by atoms with Gasteiger partial charge < -0.3 is 9.84 Å². The van der Waals surface area contributed by atoms with E-state index in [4.69, 9.17) is 16.3 Å². The second kappa shape index (κ2) is 3.95. The van der Waals surface area contributed by atoms with E-state index in [0.717, 1.165) is 0 Å². The van der Waals surface area contributed by atoms with Crippen molar-refractivity contribution in [1.29, 1.82) is 0 Å². The van der Waals surface area contributed by atoms with Gasteiger partial charge >= 0.3 is 0 Å². The van der Waals surface area contributed by atoms with Gasteiger partial charge in [0.25, 0.3) is 0 Å². The van der Waals surface area contributed by atoms with Gasteiger partial charge in [-0.25, -0.2) is 8.78 Å². The fraction of sp³-hybridized carbons (Fsp3) is 0.455. The van der Waals surface area contributed by atoms with Gasteiger partial charge in [-0.15, -0.1) is 0 Å². The summed E-state index contributed by atoms with van der Waals surface area (Å²) in [5.74, 6) is -2.07. The van der Waals surface area contributed by atoms with Crippen molar-refractivity contribution < 1.29 is 18.6 Å². The molecule has 0 atom stereocenters. The summed E-state index contributed by atoms with van der Waals surface area (Å²) in [6.07, 6.45) is 0.868. The molecule has 0 unspecified atom stereocenters. The van der Waals surface area contributed by atoms with Crippen LogP contribution in [0.15, 0.2) is 6.07 Å². The molecule has 2 nitrogen and oxygen atoms in total. The number of aliphatic hydroxyl groups is 1. The van der Waals surface area contributed by atoms with Gasteiger partial charge in [-0.05, 0) is 18.9 Å². The van der Waals surface area contributed by atoms with Crippen LogP contribution in [0.5, 0.6) is 0 Å². The van der Waals surface area contributed by atoms with Crippen LogP contribution in [0.3, 0.4) is 0 Å². The summed E-state index contributed by atoms with van der Waals surface area (Å²) in [6.45, 7) is -0.0969. The molecule has 0 aromatic heterocycles. The summed E-state index contributed by atoms with van der Waals surface area (Å²) < 4.78 is 32.0. The quantitative estimate of drug-likeness (QED) is 0.834. The van der Waals surface area contributed by atoms with Gasteiger partial charge in [-0.3, -0.25) is 0 Å². The Labute approximate surface area is 96.8 Å². The summed E-state index contributed by atoms with van der Waals surface area (Å²) in [6, 6.07) is 1.28. The highest BCUT2D eigenvalue weighted by atomic mass is 35.5. The Kier molecular flexibility index (Phi) is 2.90. The number of hydrogen-bond acceptors (Lipinski definition) is 2. The topological polar surface area (TPSA) is 29.5 Å². The molecule has 16 heavy (non-hydrogen) atoms. The largest absolute Gasteiger partial charge is 0.385 e. The van der Waals surface area contributed by atoms with E-state index < -0.39 is 17.2 Å². The molecule has 2 rings (SSSR count). The van der Waals surface area contributed by atoms with Crippen molar-refractivity contribution >= 4 is 11.6 Å². The number of hydrogen-bond donors (Lipinski definition) is 1. The molecule has 5 heteroatoms. The lowest BCUT2D eigenvalue weighted by Crippen LogP contribution is -2.11. The first-order valence-corrected chi connectivity index (χ1v) is 5.25. The molecule has 0 amide bonds. The third kappa shape index (κ3) is 1.81. The van der Waals surface area contributed by atoms with Crippen LogP contribution in [0.4, 0.5) is 8.78 Å². The summed E-state index contributed by atoms with van der Waals surface area (Å²) >= 11 is 5.82. The maximum Gasteiger partial charge on any atom is 0.166 e. The smallest absolute Gasteiger partial charge is 0.166 e. The van der Waals surface area contributed by atoms with Crippen LogP contribution in [0.25, 0.3) is 0 Å². The Morgan fingerprint density at radius 2 is 2.06 bits per heavy atom. The third-order valence-electron chi connectivity index (χ3n) is 2.77. The Balaban J connectivity index is 2.51. The first-order valence-electron chi connectivity index (χ1n) is 4.88. The Morgan fingerprint density at radius 3 is 2.56 bits per heavy atom. The van der Waals surface area contributed by atoms with Gasteiger partial charge in [0.15, 0.2) is 11.6 Å². The van der Waals surface area contributed by atoms with Crippen LogP contribution in [0.1, 0.15) is 24.0 Å². The number of halogens is 3. The molecule has 88 valence electrons. The van der Waals surface area contributed by atoms with Crippen molar-refractivity contribution in [3.8, 4) is 0 Å². The van der Waals surface area contributed by atoms with Gasteiger partial charge in [-0.2, -0.15) is 0 Å².